The van der Waals surface area contributed by atoms with Crippen LogP contribution < -0.4 is 5.32 Å². The summed E-state index contributed by atoms with van der Waals surface area (Å²) in [7, 11) is 0. The summed E-state index contributed by atoms with van der Waals surface area (Å²) in [6.07, 6.45) is 3.07. The Hall–Kier alpha value is -1.48. The number of nitrogens with zero attached hydrogens (tertiary/aromatic N) is 1. The van der Waals surface area contributed by atoms with Gasteiger partial charge in [0.1, 0.15) is 11.1 Å². The van der Waals surface area contributed by atoms with Gasteiger partial charge in [-0.2, -0.15) is 5.26 Å². The maximum atomic E-state index is 12.1. The summed E-state index contributed by atoms with van der Waals surface area (Å²) < 4.78 is 0. The second kappa shape index (κ2) is 6.74. The number of thiophene rings is 1. The molecule has 0 atom stereocenters. The van der Waals surface area contributed by atoms with Crippen LogP contribution in [0.3, 0.4) is 0 Å². The van der Waals surface area contributed by atoms with Gasteiger partial charge >= 0.3 is 0 Å². The largest absolute Gasteiger partial charge is 0.316 e. The molecule has 0 radical (unpaired) electrons. The predicted molar refractivity (Wildman–Crippen MR) is 91.9 cm³/mol. The van der Waals surface area contributed by atoms with E-state index in [1.165, 1.54) is 16.6 Å². The molecule has 0 spiro atoms. The lowest BCUT2D eigenvalue weighted by Gasteiger charge is -2.04. The smallest absolute Gasteiger partial charge is 0.235 e. The van der Waals surface area contributed by atoms with Gasteiger partial charge in [-0.05, 0) is 49.1 Å². The maximum absolute atomic E-state index is 12.1. The molecule has 0 fully saturated rings. The fraction of sp³-hybridized carbons (Fsp3) is 0.250. The van der Waals surface area contributed by atoms with Crippen LogP contribution in [0, 0.1) is 11.3 Å². The van der Waals surface area contributed by atoms with Crippen LogP contribution in [0.1, 0.15) is 22.4 Å². The summed E-state index contributed by atoms with van der Waals surface area (Å²) in [4.78, 5) is 14.3. The van der Waals surface area contributed by atoms with Crippen molar-refractivity contribution >= 4 is 45.6 Å². The highest BCUT2D eigenvalue weighted by molar-refractivity contribution is 8.00. The molecular weight excluding hydrogens is 336 g/mol. The summed E-state index contributed by atoms with van der Waals surface area (Å²) in [6.45, 7) is 0. The van der Waals surface area contributed by atoms with Crippen LogP contribution in [-0.2, 0) is 17.6 Å². The summed E-state index contributed by atoms with van der Waals surface area (Å²) in [6, 6.07) is 9.62. The monoisotopic (exact) mass is 348 g/mol. The third kappa shape index (κ3) is 3.30. The molecule has 1 aromatic heterocycles. The molecule has 1 heterocycles. The van der Waals surface area contributed by atoms with Gasteiger partial charge in [-0.15, -0.1) is 23.1 Å². The Bertz CT molecular complexity index is 747. The first kappa shape index (κ1) is 15.4. The molecule has 0 saturated carbocycles. The Morgan fingerprint density at radius 1 is 1.36 bits per heavy atom. The minimum absolute atomic E-state index is 0.0867. The molecule has 1 amide bonds. The molecule has 1 aliphatic carbocycles. The van der Waals surface area contributed by atoms with Gasteiger partial charge in [0, 0.05) is 14.8 Å². The highest BCUT2D eigenvalue weighted by atomic mass is 35.5. The highest BCUT2D eigenvalue weighted by Crippen LogP contribution is 2.38. The van der Waals surface area contributed by atoms with Gasteiger partial charge in [0.15, 0.2) is 0 Å². The number of aryl methyl sites for hydroxylation is 1. The number of hydrogen-bond acceptors (Lipinski definition) is 4. The number of fused-ring (bicyclic) bond motifs is 1. The van der Waals surface area contributed by atoms with Crippen molar-refractivity contribution in [3.8, 4) is 6.07 Å². The van der Waals surface area contributed by atoms with E-state index in [9.17, 15) is 10.1 Å². The van der Waals surface area contributed by atoms with Gasteiger partial charge in [-0.25, -0.2) is 0 Å². The van der Waals surface area contributed by atoms with Crippen molar-refractivity contribution in [2.24, 2.45) is 0 Å². The summed E-state index contributed by atoms with van der Waals surface area (Å²) in [5.74, 6) is 0.228. The summed E-state index contributed by atoms with van der Waals surface area (Å²) in [5, 5.41) is 13.6. The number of nitriles is 1. The molecule has 1 aliphatic rings. The van der Waals surface area contributed by atoms with Crippen molar-refractivity contribution < 1.29 is 4.79 Å². The first-order valence-corrected chi connectivity index (χ1v) is 9.08. The molecule has 3 nitrogen and oxygen atoms in total. The van der Waals surface area contributed by atoms with Crippen molar-refractivity contribution in [3.05, 3.63) is 45.3 Å². The Morgan fingerprint density at radius 2 is 2.14 bits per heavy atom. The fourth-order valence-electron chi connectivity index (χ4n) is 2.45. The SMILES string of the molecule is N#Cc1c(NC(=O)CSc2ccc(Cl)cc2)sc2c1CCC2. The Morgan fingerprint density at radius 3 is 2.86 bits per heavy atom. The number of benzene rings is 1. The summed E-state index contributed by atoms with van der Waals surface area (Å²) in [5.41, 5.74) is 1.79. The topological polar surface area (TPSA) is 52.9 Å². The molecule has 1 N–H and O–H groups in total. The molecule has 6 heteroatoms. The number of halogens is 1. The number of thioether (sulfide) groups is 1. The van der Waals surface area contributed by atoms with Gasteiger partial charge < -0.3 is 5.32 Å². The predicted octanol–water partition coefficient (Wildman–Crippen LogP) is 4.49. The molecule has 22 heavy (non-hydrogen) atoms. The van der Waals surface area contributed by atoms with Crippen molar-refractivity contribution in [3.63, 3.8) is 0 Å². The minimum Gasteiger partial charge on any atom is -0.316 e. The standard InChI is InChI=1S/C16H13ClN2OS2/c17-10-4-6-11(7-5-10)21-9-15(20)19-16-13(8-18)12-2-1-3-14(12)22-16/h4-7H,1-3,9H2,(H,19,20). The van der Waals surface area contributed by atoms with E-state index < -0.39 is 0 Å². The number of anilines is 1. The van der Waals surface area contributed by atoms with Crippen LogP contribution in [0.2, 0.25) is 5.02 Å². The number of amides is 1. The van der Waals surface area contributed by atoms with Gasteiger partial charge in [0.2, 0.25) is 5.91 Å². The van der Waals surface area contributed by atoms with Crippen molar-refractivity contribution in [2.45, 2.75) is 24.2 Å². The van der Waals surface area contributed by atoms with Crippen LogP contribution in [0.25, 0.3) is 0 Å². The van der Waals surface area contributed by atoms with Crippen LogP contribution in [-0.4, -0.2) is 11.7 Å². The fourth-order valence-corrected chi connectivity index (χ4v) is 4.53. The normalized spacial score (nSPS) is 12.7. The molecule has 0 bridgehead atoms. The van der Waals surface area contributed by atoms with E-state index in [2.05, 4.69) is 11.4 Å². The van der Waals surface area contributed by atoms with E-state index in [1.807, 2.05) is 12.1 Å². The van der Waals surface area contributed by atoms with Crippen molar-refractivity contribution in [2.75, 3.05) is 11.1 Å². The molecule has 2 aromatic rings. The molecule has 0 aliphatic heterocycles. The van der Waals surface area contributed by atoms with E-state index in [-0.39, 0.29) is 5.91 Å². The zero-order chi connectivity index (χ0) is 15.5. The number of hydrogen-bond donors (Lipinski definition) is 1. The van der Waals surface area contributed by atoms with Crippen LogP contribution in [0.4, 0.5) is 5.00 Å². The van der Waals surface area contributed by atoms with Crippen LogP contribution in [0.5, 0.6) is 0 Å². The van der Waals surface area contributed by atoms with E-state index in [4.69, 9.17) is 11.6 Å². The zero-order valence-electron chi connectivity index (χ0n) is 11.7. The summed E-state index contributed by atoms with van der Waals surface area (Å²) >= 11 is 8.83. The van der Waals surface area contributed by atoms with Gasteiger partial charge in [0.05, 0.1) is 11.3 Å². The van der Waals surface area contributed by atoms with E-state index in [1.54, 1.807) is 23.5 Å². The Kier molecular flexibility index (Phi) is 4.72. The molecule has 0 saturated heterocycles. The first-order valence-electron chi connectivity index (χ1n) is 6.90. The molecule has 1 aromatic carbocycles. The highest BCUT2D eigenvalue weighted by Gasteiger charge is 2.22. The number of carbonyl (C=O) groups excluding carboxylic acids is 1. The van der Waals surface area contributed by atoms with Gasteiger partial charge in [-0.3, -0.25) is 4.79 Å². The minimum atomic E-state index is -0.0867. The van der Waals surface area contributed by atoms with Crippen molar-refractivity contribution in [1.29, 1.82) is 5.26 Å². The average molecular weight is 349 g/mol. The van der Waals surface area contributed by atoms with Gasteiger partial charge in [0.25, 0.3) is 0 Å². The van der Waals surface area contributed by atoms with Crippen LogP contribution >= 0.6 is 34.7 Å². The van der Waals surface area contributed by atoms with Gasteiger partial charge in [-0.1, -0.05) is 11.6 Å². The Labute approximate surface area is 142 Å². The average Bonchev–Trinajstić information content (AvgIpc) is 3.07. The number of rotatable bonds is 4. The third-order valence-corrected chi connectivity index (χ3v) is 5.94. The second-order valence-electron chi connectivity index (χ2n) is 4.96. The number of carbonyl (C=O) groups is 1. The van der Waals surface area contributed by atoms with Crippen LogP contribution in [0.15, 0.2) is 29.2 Å². The number of nitrogens with one attached hydrogen (secondary N) is 1. The maximum Gasteiger partial charge on any atom is 0.235 e. The molecule has 3 rings (SSSR count). The third-order valence-electron chi connectivity index (χ3n) is 3.47. The lowest BCUT2D eigenvalue weighted by molar-refractivity contribution is -0.113. The molecular formula is C16H13ClN2OS2. The molecule has 112 valence electrons. The molecule has 0 unspecified atom stereocenters. The second-order valence-corrected chi connectivity index (χ2v) is 7.55. The van der Waals surface area contributed by atoms with E-state index in [0.29, 0.717) is 21.3 Å². The zero-order valence-corrected chi connectivity index (χ0v) is 14.1. The van der Waals surface area contributed by atoms with E-state index >= 15 is 0 Å². The lowest BCUT2D eigenvalue weighted by Crippen LogP contribution is -2.13. The van der Waals surface area contributed by atoms with E-state index in [0.717, 1.165) is 29.7 Å². The Balaban J connectivity index is 1.63. The van der Waals surface area contributed by atoms with Crippen molar-refractivity contribution in [1.82, 2.24) is 0 Å². The first-order chi connectivity index (χ1) is 10.7. The quantitative estimate of drug-likeness (QED) is 0.828. The lowest BCUT2D eigenvalue weighted by atomic mass is 10.1.